The average Bonchev–Trinajstić information content (AvgIpc) is 3.11. The van der Waals surface area contributed by atoms with Crippen molar-refractivity contribution in [2.45, 2.75) is 130 Å². The summed E-state index contributed by atoms with van der Waals surface area (Å²) in [5.41, 5.74) is -0.663. The highest BCUT2D eigenvalue weighted by molar-refractivity contribution is 5.66. The van der Waals surface area contributed by atoms with Crippen molar-refractivity contribution in [1.29, 1.82) is 0 Å². The van der Waals surface area contributed by atoms with Crippen molar-refractivity contribution < 1.29 is 19.4 Å². The van der Waals surface area contributed by atoms with E-state index < -0.39 is 5.60 Å². The van der Waals surface area contributed by atoms with Crippen LogP contribution in [0.25, 0.3) is 0 Å². The van der Waals surface area contributed by atoms with Crippen molar-refractivity contribution in [2.75, 3.05) is 7.11 Å². The fourth-order valence-electron chi connectivity index (χ4n) is 9.87. The predicted octanol–water partition coefficient (Wildman–Crippen LogP) is 6.78. The Morgan fingerprint density at radius 3 is 2.41 bits per heavy atom. The van der Waals surface area contributed by atoms with Gasteiger partial charge in [0, 0.05) is 25.9 Å². The molecular weight excluding hydrogens is 424 g/mol. The first-order valence-corrected chi connectivity index (χ1v) is 14.4. The van der Waals surface area contributed by atoms with E-state index in [0.29, 0.717) is 23.7 Å². The van der Waals surface area contributed by atoms with Crippen molar-refractivity contribution in [2.24, 2.45) is 46.3 Å². The number of carbonyl (C=O) groups excluding carboxylic acids is 1. The highest BCUT2D eigenvalue weighted by Gasteiger charge is 2.68. The van der Waals surface area contributed by atoms with Crippen molar-refractivity contribution in [3.63, 3.8) is 0 Å². The summed E-state index contributed by atoms with van der Waals surface area (Å²) in [4.78, 5) is 11.6. The highest BCUT2D eigenvalue weighted by Crippen LogP contribution is 2.69. The van der Waals surface area contributed by atoms with Crippen LogP contribution >= 0.6 is 0 Å². The molecule has 4 heteroatoms. The normalized spacial score (nSPS) is 47.0. The molecule has 4 saturated carbocycles. The molecule has 0 spiro atoms. The van der Waals surface area contributed by atoms with Crippen LogP contribution in [0.15, 0.2) is 0 Å². The van der Waals surface area contributed by atoms with Gasteiger partial charge in [0.2, 0.25) is 0 Å². The van der Waals surface area contributed by atoms with Crippen LogP contribution < -0.4 is 0 Å². The lowest BCUT2D eigenvalue weighted by atomic mass is 9.42. The van der Waals surface area contributed by atoms with Gasteiger partial charge in [0.25, 0.3) is 0 Å². The molecule has 0 unspecified atom stereocenters. The molecule has 0 radical (unpaired) electrons. The smallest absolute Gasteiger partial charge is 0.302 e. The molecule has 196 valence electrons. The third-order valence-electron chi connectivity index (χ3n) is 11.6. The van der Waals surface area contributed by atoms with Gasteiger partial charge in [0.1, 0.15) is 6.10 Å². The lowest BCUT2D eigenvalue weighted by molar-refractivity contribution is -0.271. The second-order valence-corrected chi connectivity index (χ2v) is 13.7. The molecule has 4 rings (SSSR count). The molecule has 4 aliphatic rings. The number of rotatable bonds is 7. The van der Waals surface area contributed by atoms with Crippen molar-refractivity contribution in [3.8, 4) is 0 Å². The molecule has 0 heterocycles. The summed E-state index contributed by atoms with van der Waals surface area (Å²) in [5.74, 6) is 4.11. The molecule has 0 bridgehead atoms. The molecule has 0 aliphatic heterocycles. The molecule has 0 aromatic rings. The number of hydrogen-bond donors (Lipinski definition) is 1. The van der Waals surface area contributed by atoms with Gasteiger partial charge in [-0.15, -0.1) is 0 Å². The maximum atomic E-state index is 12.2. The van der Waals surface area contributed by atoms with E-state index in [1.165, 1.54) is 51.9 Å². The first kappa shape index (κ1) is 26.5. The van der Waals surface area contributed by atoms with Gasteiger partial charge in [-0.25, -0.2) is 0 Å². The molecule has 10 atom stereocenters. The Hall–Kier alpha value is -0.610. The molecule has 1 N–H and O–H groups in total. The zero-order valence-corrected chi connectivity index (χ0v) is 23.1. The van der Waals surface area contributed by atoms with E-state index in [1.807, 2.05) is 0 Å². The summed E-state index contributed by atoms with van der Waals surface area (Å²) >= 11 is 0. The lowest BCUT2D eigenvalue weighted by Gasteiger charge is -2.66. The fourth-order valence-corrected chi connectivity index (χ4v) is 9.87. The number of hydrogen-bond acceptors (Lipinski definition) is 4. The van der Waals surface area contributed by atoms with Gasteiger partial charge in [-0.3, -0.25) is 4.79 Å². The predicted molar refractivity (Wildman–Crippen MR) is 136 cm³/mol. The van der Waals surface area contributed by atoms with Crippen LogP contribution in [0, 0.1) is 46.3 Å². The maximum Gasteiger partial charge on any atom is 0.302 e. The highest BCUT2D eigenvalue weighted by atomic mass is 16.5. The van der Waals surface area contributed by atoms with Crippen LogP contribution in [0.2, 0.25) is 0 Å². The number of ether oxygens (including phenoxy) is 2. The monoisotopic (exact) mass is 476 g/mol. The SMILES string of the molecule is CO[C@@H]1C[C@H]2[C@@H]3CC[C@H]([C@H](C)CCCC(C)C)[C@@]3(C)CC[C@@H]2[C@@]2(C)CC[C@@H](OC(C)=O)C[C@]12O. The Balaban J connectivity index is 1.54. The van der Waals surface area contributed by atoms with Crippen LogP contribution in [-0.2, 0) is 14.3 Å². The summed E-state index contributed by atoms with van der Waals surface area (Å²) in [6.07, 6.45) is 12.2. The summed E-state index contributed by atoms with van der Waals surface area (Å²) in [5, 5.41) is 12.2. The van der Waals surface area contributed by atoms with E-state index in [4.69, 9.17) is 9.47 Å². The standard InChI is InChI=1S/C30H52O4/c1-19(2)9-8-10-20(3)24-11-12-25-23-17-27(33-7)30(32)18-22(34-21(4)31)13-16-29(30,6)26(23)14-15-28(24,25)5/h19-20,22-27,32H,8-18H2,1-7H3/t20-,22-,23+,24-,25+,26+,27-,28-,29-,30+/m1/s1. The van der Waals surface area contributed by atoms with Crippen LogP contribution in [0.3, 0.4) is 0 Å². The molecule has 4 aliphatic carbocycles. The Labute approximate surface area is 208 Å². The second-order valence-electron chi connectivity index (χ2n) is 13.7. The quantitative estimate of drug-likeness (QED) is 0.412. The number of aliphatic hydroxyl groups is 1. The Morgan fingerprint density at radius 1 is 1.03 bits per heavy atom. The molecule has 0 aromatic heterocycles. The first-order chi connectivity index (χ1) is 16.0. The van der Waals surface area contributed by atoms with Gasteiger partial charge in [-0.1, -0.05) is 53.9 Å². The third kappa shape index (κ3) is 4.27. The van der Waals surface area contributed by atoms with E-state index in [0.717, 1.165) is 42.9 Å². The molecule has 0 amide bonds. The molecular formula is C30H52O4. The fraction of sp³-hybridized carbons (Fsp3) is 0.967. The Bertz CT molecular complexity index is 735. The molecule has 0 aromatic carbocycles. The van der Waals surface area contributed by atoms with E-state index >= 15 is 0 Å². The molecule has 34 heavy (non-hydrogen) atoms. The van der Waals surface area contributed by atoms with Crippen molar-refractivity contribution >= 4 is 5.97 Å². The number of esters is 1. The molecule has 4 nitrogen and oxygen atoms in total. The topological polar surface area (TPSA) is 55.8 Å². The summed E-state index contributed by atoms with van der Waals surface area (Å²) in [7, 11) is 1.77. The molecule has 4 fully saturated rings. The minimum Gasteiger partial charge on any atom is -0.462 e. The van der Waals surface area contributed by atoms with Gasteiger partial charge in [0.05, 0.1) is 11.7 Å². The minimum absolute atomic E-state index is 0.171. The van der Waals surface area contributed by atoms with Crippen LogP contribution in [-0.4, -0.2) is 36.0 Å². The Kier molecular flexibility index (Phi) is 7.54. The van der Waals surface area contributed by atoms with E-state index in [-0.39, 0.29) is 23.6 Å². The first-order valence-electron chi connectivity index (χ1n) is 14.4. The lowest BCUT2D eigenvalue weighted by Crippen LogP contribution is -2.69. The van der Waals surface area contributed by atoms with E-state index in [2.05, 4.69) is 34.6 Å². The minimum atomic E-state index is -0.919. The van der Waals surface area contributed by atoms with Gasteiger partial charge in [-0.2, -0.15) is 0 Å². The summed E-state index contributed by atoms with van der Waals surface area (Å²) < 4.78 is 11.7. The van der Waals surface area contributed by atoms with Gasteiger partial charge in [0.15, 0.2) is 0 Å². The summed E-state index contributed by atoms with van der Waals surface area (Å²) in [6, 6.07) is 0. The van der Waals surface area contributed by atoms with Gasteiger partial charge >= 0.3 is 5.97 Å². The van der Waals surface area contributed by atoms with E-state index in [9.17, 15) is 9.90 Å². The maximum absolute atomic E-state index is 12.2. The van der Waals surface area contributed by atoms with Gasteiger partial charge in [-0.05, 0) is 85.9 Å². The van der Waals surface area contributed by atoms with Crippen molar-refractivity contribution in [3.05, 3.63) is 0 Å². The zero-order valence-electron chi connectivity index (χ0n) is 23.1. The van der Waals surface area contributed by atoms with Crippen LogP contribution in [0.5, 0.6) is 0 Å². The number of fused-ring (bicyclic) bond motifs is 5. The van der Waals surface area contributed by atoms with E-state index in [1.54, 1.807) is 7.11 Å². The average molecular weight is 477 g/mol. The third-order valence-corrected chi connectivity index (χ3v) is 11.6. The largest absolute Gasteiger partial charge is 0.462 e. The zero-order chi connectivity index (χ0) is 24.9. The van der Waals surface area contributed by atoms with Crippen molar-refractivity contribution in [1.82, 2.24) is 0 Å². The van der Waals surface area contributed by atoms with Gasteiger partial charge < -0.3 is 14.6 Å². The number of methoxy groups -OCH3 is 1. The number of carbonyl (C=O) groups is 1. The molecule has 0 saturated heterocycles. The van der Waals surface area contributed by atoms with Crippen LogP contribution in [0.4, 0.5) is 0 Å². The second kappa shape index (κ2) is 9.69. The van der Waals surface area contributed by atoms with Crippen LogP contribution in [0.1, 0.15) is 112 Å². The Morgan fingerprint density at radius 2 is 1.76 bits per heavy atom. The summed E-state index contributed by atoms with van der Waals surface area (Å²) in [6.45, 7) is 13.6.